The monoisotopic (exact) mass is 333 g/mol. The van der Waals surface area contributed by atoms with E-state index >= 15 is 0 Å². The lowest BCUT2D eigenvalue weighted by Crippen LogP contribution is -2.30. The zero-order valence-corrected chi connectivity index (χ0v) is 13.8. The quantitative estimate of drug-likeness (QED) is 0.863. The minimum atomic E-state index is -2.92. The van der Waals surface area contributed by atoms with E-state index in [0.717, 1.165) is 18.4 Å². The van der Waals surface area contributed by atoms with Gasteiger partial charge in [-0.3, -0.25) is 0 Å². The van der Waals surface area contributed by atoms with Crippen LogP contribution in [0.4, 0.5) is 0 Å². The van der Waals surface area contributed by atoms with Crippen LogP contribution in [0.3, 0.4) is 0 Å². The number of rotatable bonds is 6. The lowest BCUT2D eigenvalue weighted by Gasteiger charge is -2.14. The summed E-state index contributed by atoms with van der Waals surface area (Å²) in [5.74, 6) is 1.37. The summed E-state index contributed by atoms with van der Waals surface area (Å²) in [5, 5.41) is 3.37. The van der Waals surface area contributed by atoms with Crippen molar-refractivity contribution in [2.45, 2.75) is 24.6 Å². The predicted molar refractivity (Wildman–Crippen MR) is 83.1 cm³/mol. The number of ether oxygens (including phenoxy) is 2. The third-order valence-electron chi connectivity index (χ3n) is 3.72. The molecule has 1 aliphatic heterocycles. The lowest BCUT2D eigenvalue weighted by molar-refractivity contribution is 0.354. The van der Waals surface area contributed by atoms with Crippen molar-refractivity contribution in [3.63, 3.8) is 0 Å². The molecule has 1 aromatic rings. The summed E-state index contributed by atoms with van der Waals surface area (Å²) in [4.78, 5) is 0. The van der Waals surface area contributed by atoms with Crippen molar-refractivity contribution in [1.82, 2.24) is 5.32 Å². The molecule has 118 valence electrons. The van der Waals surface area contributed by atoms with E-state index in [4.69, 9.17) is 21.1 Å². The second-order valence-corrected chi connectivity index (χ2v) is 7.81. The number of sulfone groups is 1. The molecule has 1 aliphatic rings. The van der Waals surface area contributed by atoms with E-state index in [-0.39, 0.29) is 5.25 Å². The molecule has 1 aromatic carbocycles. The molecule has 0 amide bonds. The topological polar surface area (TPSA) is 64.6 Å². The minimum absolute atomic E-state index is 0.281. The van der Waals surface area contributed by atoms with Crippen LogP contribution in [-0.4, -0.2) is 40.2 Å². The van der Waals surface area contributed by atoms with Crippen LogP contribution < -0.4 is 14.8 Å². The molecule has 0 radical (unpaired) electrons. The van der Waals surface area contributed by atoms with Crippen molar-refractivity contribution in [2.24, 2.45) is 0 Å². The molecule has 1 unspecified atom stereocenters. The van der Waals surface area contributed by atoms with Gasteiger partial charge in [0.05, 0.1) is 30.2 Å². The van der Waals surface area contributed by atoms with E-state index in [1.54, 1.807) is 13.2 Å². The molecule has 1 heterocycles. The summed E-state index contributed by atoms with van der Waals surface area (Å²) in [6.45, 7) is 0.943. The number of hydrogen-bond acceptors (Lipinski definition) is 5. The molecule has 0 bridgehead atoms. The van der Waals surface area contributed by atoms with Gasteiger partial charge >= 0.3 is 0 Å². The van der Waals surface area contributed by atoms with Crippen molar-refractivity contribution in [1.29, 1.82) is 0 Å². The fourth-order valence-electron chi connectivity index (χ4n) is 2.52. The van der Waals surface area contributed by atoms with Gasteiger partial charge in [0.15, 0.2) is 21.3 Å². The van der Waals surface area contributed by atoms with Crippen LogP contribution in [0.2, 0.25) is 5.02 Å². The van der Waals surface area contributed by atoms with Crippen LogP contribution >= 0.6 is 11.6 Å². The number of hydrogen-bond donors (Lipinski definition) is 1. The molecule has 21 heavy (non-hydrogen) atoms. The maximum absolute atomic E-state index is 11.8. The smallest absolute Gasteiger partial charge is 0.179 e. The fraction of sp³-hybridized carbons (Fsp3) is 0.571. The van der Waals surface area contributed by atoms with Crippen LogP contribution in [0.15, 0.2) is 12.1 Å². The summed E-state index contributed by atoms with van der Waals surface area (Å²) in [7, 11) is 0.171. The van der Waals surface area contributed by atoms with Crippen LogP contribution in [0.25, 0.3) is 0 Å². The molecule has 1 atom stereocenters. The first-order valence-corrected chi connectivity index (χ1v) is 8.90. The van der Waals surface area contributed by atoms with Gasteiger partial charge in [-0.25, -0.2) is 8.42 Å². The van der Waals surface area contributed by atoms with E-state index in [1.165, 1.54) is 7.11 Å². The molecular weight excluding hydrogens is 314 g/mol. The highest BCUT2D eigenvalue weighted by molar-refractivity contribution is 7.92. The van der Waals surface area contributed by atoms with Gasteiger partial charge in [-0.2, -0.15) is 0 Å². The first-order valence-electron chi connectivity index (χ1n) is 6.81. The average Bonchev–Trinajstić information content (AvgIpc) is 2.79. The molecule has 0 saturated carbocycles. The summed E-state index contributed by atoms with van der Waals surface area (Å²) in [6.07, 6.45) is 1.49. The maximum Gasteiger partial charge on any atom is 0.179 e. The Balaban J connectivity index is 2.01. The Kier molecular flexibility index (Phi) is 5.35. The van der Waals surface area contributed by atoms with Gasteiger partial charge in [0, 0.05) is 13.1 Å². The molecular formula is C14H20ClNO4S. The van der Waals surface area contributed by atoms with Crippen molar-refractivity contribution in [2.75, 3.05) is 26.5 Å². The fourth-order valence-corrected chi connectivity index (χ4v) is 4.62. The highest BCUT2D eigenvalue weighted by Gasteiger charge is 2.30. The van der Waals surface area contributed by atoms with Crippen molar-refractivity contribution >= 4 is 21.4 Å². The van der Waals surface area contributed by atoms with E-state index in [1.807, 2.05) is 6.07 Å². The highest BCUT2D eigenvalue weighted by Crippen LogP contribution is 2.37. The van der Waals surface area contributed by atoms with Crippen molar-refractivity contribution < 1.29 is 17.9 Å². The molecule has 1 fully saturated rings. The molecule has 0 aromatic heterocycles. The summed E-state index contributed by atoms with van der Waals surface area (Å²) in [5.41, 5.74) is 0.852. The molecule has 7 heteroatoms. The molecule has 0 aliphatic carbocycles. The van der Waals surface area contributed by atoms with Gasteiger partial charge in [0.25, 0.3) is 0 Å². The Morgan fingerprint density at radius 2 is 2.10 bits per heavy atom. The third kappa shape index (κ3) is 3.62. The Morgan fingerprint density at radius 1 is 1.33 bits per heavy atom. The second kappa shape index (κ2) is 6.85. The van der Waals surface area contributed by atoms with Gasteiger partial charge in [0.2, 0.25) is 0 Å². The maximum atomic E-state index is 11.8. The van der Waals surface area contributed by atoms with Crippen LogP contribution in [0, 0.1) is 0 Å². The van der Waals surface area contributed by atoms with E-state index < -0.39 is 9.84 Å². The van der Waals surface area contributed by atoms with Gasteiger partial charge in [-0.05, 0) is 24.5 Å². The zero-order chi connectivity index (χ0) is 15.5. The Labute approximate surface area is 130 Å². The van der Waals surface area contributed by atoms with Crippen LogP contribution in [0.5, 0.6) is 11.5 Å². The van der Waals surface area contributed by atoms with Crippen molar-refractivity contribution in [3.05, 3.63) is 22.7 Å². The van der Waals surface area contributed by atoms with Gasteiger partial charge < -0.3 is 14.8 Å². The van der Waals surface area contributed by atoms with E-state index in [9.17, 15) is 8.42 Å². The second-order valence-electron chi connectivity index (χ2n) is 5.04. The Morgan fingerprint density at radius 3 is 2.67 bits per heavy atom. The van der Waals surface area contributed by atoms with Gasteiger partial charge in [0.1, 0.15) is 0 Å². The highest BCUT2D eigenvalue weighted by atomic mass is 35.5. The molecule has 1 saturated heterocycles. The molecule has 1 N–H and O–H groups in total. The minimum Gasteiger partial charge on any atom is -0.493 e. The standard InChI is InChI=1S/C14H20ClNO4S/c1-19-12-6-5-10(13(15)14(12)20-2)8-16-9-11-4-3-7-21(11,17)18/h5-6,11,16H,3-4,7-9H2,1-2H3. The number of nitrogens with one attached hydrogen (secondary N) is 1. The third-order valence-corrected chi connectivity index (χ3v) is 6.41. The van der Waals surface area contributed by atoms with E-state index in [2.05, 4.69) is 5.32 Å². The van der Waals surface area contributed by atoms with Crippen molar-refractivity contribution in [3.8, 4) is 11.5 Å². The van der Waals surface area contributed by atoms with E-state index in [0.29, 0.717) is 35.4 Å². The number of halogens is 1. The van der Waals surface area contributed by atoms with Gasteiger partial charge in [-0.15, -0.1) is 0 Å². The van der Waals surface area contributed by atoms with Gasteiger partial charge in [-0.1, -0.05) is 17.7 Å². The molecule has 0 spiro atoms. The zero-order valence-electron chi connectivity index (χ0n) is 12.2. The van der Waals surface area contributed by atoms with Crippen LogP contribution in [0.1, 0.15) is 18.4 Å². The first kappa shape index (κ1) is 16.4. The average molecular weight is 334 g/mol. The molecule has 5 nitrogen and oxygen atoms in total. The Bertz CT molecular complexity index is 603. The number of benzene rings is 1. The largest absolute Gasteiger partial charge is 0.493 e. The summed E-state index contributed by atoms with van der Waals surface area (Å²) in [6, 6.07) is 3.63. The first-order chi connectivity index (χ1) is 9.99. The molecule has 2 rings (SSSR count). The normalized spacial score (nSPS) is 20.4. The van der Waals surface area contributed by atoms with Crippen LogP contribution in [-0.2, 0) is 16.4 Å². The SMILES string of the molecule is COc1ccc(CNCC2CCCS2(=O)=O)c(Cl)c1OC. The lowest BCUT2D eigenvalue weighted by atomic mass is 10.2. The number of methoxy groups -OCH3 is 2. The predicted octanol–water partition coefficient (Wildman–Crippen LogP) is 2.02. The Hall–Kier alpha value is -0.980. The summed E-state index contributed by atoms with van der Waals surface area (Å²) < 4.78 is 33.9. The summed E-state index contributed by atoms with van der Waals surface area (Å²) >= 11 is 6.28.